The maximum absolute atomic E-state index is 13.4. The second kappa shape index (κ2) is 8.44. The lowest BCUT2D eigenvalue weighted by atomic mass is 9.98. The first kappa shape index (κ1) is 20.3. The number of rotatable bonds is 6. The SMILES string of the molecule is CCOc1cc2oc(-c3ccc(F)cc3)c(C(=O)NC)c2cc1-c1cccc(C=O)c1. The summed E-state index contributed by atoms with van der Waals surface area (Å²) in [5.41, 5.74) is 3.44. The smallest absolute Gasteiger partial charge is 0.255 e. The van der Waals surface area contributed by atoms with Gasteiger partial charge >= 0.3 is 0 Å². The molecule has 0 radical (unpaired) electrons. The molecular formula is C25H20FNO4. The van der Waals surface area contributed by atoms with Gasteiger partial charge in [-0.05, 0) is 48.9 Å². The molecule has 0 aliphatic carbocycles. The van der Waals surface area contributed by atoms with E-state index in [0.29, 0.717) is 45.8 Å². The molecule has 0 aliphatic rings. The van der Waals surface area contributed by atoms with Gasteiger partial charge in [0.1, 0.15) is 29.2 Å². The summed E-state index contributed by atoms with van der Waals surface area (Å²) in [4.78, 5) is 24.0. The van der Waals surface area contributed by atoms with Crippen molar-refractivity contribution in [1.82, 2.24) is 5.32 Å². The Kier molecular flexibility index (Phi) is 5.54. The van der Waals surface area contributed by atoms with Crippen LogP contribution in [0.5, 0.6) is 5.75 Å². The summed E-state index contributed by atoms with van der Waals surface area (Å²) in [7, 11) is 1.54. The second-order valence-corrected chi connectivity index (χ2v) is 6.91. The maximum atomic E-state index is 13.4. The minimum absolute atomic E-state index is 0.324. The molecule has 0 atom stereocenters. The Morgan fingerprint density at radius 2 is 1.87 bits per heavy atom. The van der Waals surface area contributed by atoms with E-state index in [1.807, 2.05) is 19.1 Å². The lowest BCUT2D eigenvalue weighted by Crippen LogP contribution is -2.18. The molecule has 4 rings (SSSR count). The quantitative estimate of drug-likeness (QED) is 0.422. The molecule has 1 aromatic heterocycles. The van der Waals surface area contributed by atoms with E-state index in [1.165, 1.54) is 12.1 Å². The number of ether oxygens (including phenoxy) is 1. The number of fused-ring (bicyclic) bond motifs is 1. The summed E-state index contributed by atoms with van der Waals surface area (Å²) in [5, 5.41) is 3.24. The van der Waals surface area contributed by atoms with Crippen molar-refractivity contribution in [3.05, 3.63) is 77.6 Å². The molecule has 31 heavy (non-hydrogen) atoms. The number of hydrogen-bond acceptors (Lipinski definition) is 4. The Morgan fingerprint density at radius 3 is 2.55 bits per heavy atom. The van der Waals surface area contributed by atoms with E-state index in [2.05, 4.69) is 5.32 Å². The van der Waals surface area contributed by atoms with Crippen molar-refractivity contribution in [3.63, 3.8) is 0 Å². The zero-order valence-electron chi connectivity index (χ0n) is 17.1. The Bertz CT molecular complexity index is 1270. The Morgan fingerprint density at radius 1 is 1.10 bits per heavy atom. The molecule has 156 valence electrons. The fourth-order valence-electron chi connectivity index (χ4n) is 3.56. The van der Waals surface area contributed by atoms with Crippen LogP contribution in [0.25, 0.3) is 33.4 Å². The molecule has 0 bridgehead atoms. The average molecular weight is 417 g/mol. The van der Waals surface area contributed by atoms with E-state index in [-0.39, 0.29) is 11.7 Å². The summed E-state index contributed by atoms with van der Waals surface area (Å²) in [6.07, 6.45) is 0.781. The predicted octanol–water partition coefficient (Wildman–Crippen LogP) is 5.48. The Labute approximate surface area is 178 Å². The van der Waals surface area contributed by atoms with Crippen molar-refractivity contribution in [2.75, 3.05) is 13.7 Å². The highest BCUT2D eigenvalue weighted by molar-refractivity contribution is 6.12. The van der Waals surface area contributed by atoms with Gasteiger partial charge in [-0.15, -0.1) is 0 Å². The molecule has 3 aromatic carbocycles. The van der Waals surface area contributed by atoms with Gasteiger partial charge in [0.15, 0.2) is 0 Å². The summed E-state index contributed by atoms with van der Waals surface area (Å²) in [6, 6.07) is 16.5. The molecule has 1 N–H and O–H groups in total. The van der Waals surface area contributed by atoms with E-state index in [1.54, 1.807) is 43.4 Å². The van der Waals surface area contributed by atoms with E-state index in [9.17, 15) is 14.0 Å². The zero-order valence-corrected chi connectivity index (χ0v) is 17.1. The summed E-state index contributed by atoms with van der Waals surface area (Å²) < 4.78 is 25.3. The van der Waals surface area contributed by atoms with Crippen molar-refractivity contribution in [1.29, 1.82) is 0 Å². The Balaban J connectivity index is 2.01. The van der Waals surface area contributed by atoms with Crippen LogP contribution in [0.15, 0.2) is 65.1 Å². The number of carbonyl (C=O) groups excluding carboxylic acids is 2. The van der Waals surface area contributed by atoms with Gasteiger partial charge in [0.05, 0.1) is 12.2 Å². The number of halogens is 1. The first-order chi connectivity index (χ1) is 15.0. The lowest BCUT2D eigenvalue weighted by molar-refractivity contribution is 0.0964. The highest BCUT2D eigenvalue weighted by atomic mass is 19.1. The van der Waals surface area contributed by atoms with Crippen LogP contribution in [0.2, 0.25) is 0 Å². The van der Waals surface area contributed by atoms with E-state index >= 15 is 0 Å². The van der Waals surface area contributed by atoms with Crippen LogP contribution in [-0.2, 0) is 0 Å². The highest BCUT2D eigenvalue weighted by Crippen LogP contribution is 2.40. The molecule has 1 heterocycles. The molecule has 6 heteroatoms. The van der Waals surface area contributed by atoms with Crippen LogP contribution in [-0.4, -0.2) is 25.8 Å². The minimum atomic E-state index is -0.377. The standard InChI is InChI=1S/C25H20FNO4/c1-3-30-21-13-22-20(12-19(21)17-6-4-5-15(11-17)14-28)23(25(29)27-2)24(31-22)16-7-9-18(26)10-8-16/h4-14H,3H2,1-2H3,(H,27,29). The largest absolute Gasteiger partial charge is 0.493 e. The fourth-order valence-corrected chi connectivity index (χ4v) is 3.56. The first-order valence-electron chi connectivity index (χ1n) is 9.82. The predicted molar refractivity (Wildman–Crippen MR) is 117 cm³/mol. The first-order valence-corrected chi connectivity index (χ1v) is 9.82. The van der Waals surface area contributed by atoms with Crippen LogP contribution in [0.4, 0.5) is 4.39 Å². The van der Waals surface area contributed by atoms with Gasteiger partial charge in [-0.1, -0.05) is 18.2 Å². The molecule has 0 spiro atoms. The maximum Gasteiger partial charge on any atom is 0.255 e. The zero-order chi connectivity index (χ0) is 22.0. The highest BCUT2D eigenvalue weighted by Gasteiger charge is 2.23. The van der Waals surface area contributed by atoms with Gasteiger partial charge in [0, 0.05) is 35.2 Å². The number of hydrogen-bond donors (Lipinski definition) is 1. The molecule has 1 amide bonds. The fraction of sp³-hybridized carbons (Fsp3) is 0.120. The minimum Gasteiger partial charge on any atom is -0.493 e. The van der Waals surface area contributed by atoms with E-state index in [4.69, 9.17) is 9.15 Å². The van der Waals surface area contributed by atoms with E-state index in [0.717, 1.165) is 17.4 Å². The molecule has 4 aromatic rings. The van der Waals surface area contributed by atoms with Crippen LogP contribution < -0.4 is 10.1 Å². The third-order valence-corrected chi connectivity index (χ3v) is 4.98. The molecule has 0 saturated heterocycles. The summed E-state index contributed by atoms with van der Waals surface area (Å²) in [6.45, 7) is 2.30. The van der Waals surface area contributed by atoms with Crippen LogP contribution in [0.1, 0.15) is 27.6 Å². The molecule has 0 unspecified atom stereocenters. The number of nitrogens with one attached hydrogen (secondary N) is 1. The molecule has 0 fully saturated rings. The average Bonchev–Trinajstić information content (AvgIpc) is 3.17. The van der Waals surface area contributed by atoms with Gasteiger partial charge in [0.25, 0.3) is 5.91 Å². The molecule has 5 nitrogen and oxygen atoms in total. The lowest BCUT2D eigenvalue weighted by Gasteiger charge is -2.11. The number of furan rings is 1. The number of benzene rings is 3. The third-order valence-electron chi connectivity index (χ3n) is 4.98. The normalized spacial score (nSPS) is 10.8. The third kappa shape index (κ3) is 3.80. The van der Waals surface area contributed by atoms with Crippen molar-refractivity contribution >= 4 is 23.2 Å². The van der Waals surface area contributed by atoms with Crippen molar-refractivity contribution in [2.24, 2.45) is 0 Å². The number of amides is 1. The van der Waals surface area contributed by atoms with Crippen molar-refractivity contribution in [3.8, 4) is 28.2 Å². The van der Waals surface area contributed by atoms with Crippen LogP contribution >= 0.6 is 0 Å². The summed E-state index contributed by atoms with van der Waals surface area (Å²) in [5.74, 6) is 0.212. The topological polar surface area (TPSA) is 68.5 Å². The van der Waals surface area contributed by atoms with Crippen LogP contribution in [0, 0.1) is 5.82 Å². The van der Waals surface area contributed by atoms with E-state index < -0.39 is 0 Å². The van der Waals surface area contributed by atoms with Crippen LogP contribution in [0.3, 0.4) is 0 Å². The molecule has 0 aliphatic heterocycles. The van der Waals surface area contributed by atoms with Gasteiger partial charge < -0.3 is 14.5 Å². The second-order valence-electron chi connectivity index (χ2n) is 6.91. The van der Waals surface area contributed by atoms with Gasteiger partial charge in [-0.25, -0.2) is 4.39 Å². The summed E-state index contributed by atoms with van der Waals surface area (Å²) >= 11 is 0. The van der Waals surface area contributed by atoms with Gasteiger partial charge in [-0.3, -0.25) is 9.59 Å². The number of aldehydes is 1. The van der Waals surface area contributed by atoms with Crippen molar-refractivity contribution < 1.29 is 23.1 Å². The van der Waals surface area contributed by atoms with Gasteiger partial charge in [0.2, 0.25) is 0 Å². The molecule has 0 saturated carbocycles. The molecular weight excluding hydrogens is 397 g/mol. The van der Waals surface area contributed by atoms with Crippen molar-refractivity contribution in [2.45, 2.75) is 6.92 Å². The number of carbonyl (C=O) groups is 2. The van der Waals surface area contributed by atoms with Gasteiger partial charge in [-0.2, -0.15) is 0 Å². The Hall–Kier alpha value is -3.93. The monoisotopic (exact) mass is 417 g/mol.